The topological polar surface area (TPSA) is 29.5 Å². The van der Waals surface area contributed by atoms with Crippen LogP contribution in [0.1, 0.15) is 23.2 Å². The maximum atomic E-state index is 12.7. The van der Waals surface area contributed by atoms with E-state index in [0.29, 0.717) is 16.9 Å². The normalized spacial score (nSPS) is 44.5. The molecule has 3 nitrogen and oxygen atoms in total. The van der Waals surface area contributed by atoms with Gasteiger partial charge in [-0.05, 0) is 60.9 Å². The van der Waals surface area contributed by atoms with Crippen molar-refractivity contribution in [2.75, 3.05) is 19.0 Å². The number of anilines is 1. The van der Waals surface area contributed by atoms with E-state index in [9.17, 15) is 4.79 Å². The van der Waals surface area contributed by atoms with Crippen molar-refractivity contribution >= 4 is 11.7 Å². The highest BCUT2D eigenvalue weighted by molar-refractivity contribution is 5.90. The van der Waals surface area contributed by atoms with Gasteiger partial charge in [0, 0.05) is 30.6 Å². The first-order valence-corrected chi connectivity index (χ1v) is 8.97. The predicted octanol–water partition coefficient (Wildman–Crippen LogP) is 3.43. The Kier molecular flexibility index (Phi) is 2.10. The summed E-state index contributed by atoms with van der Waals surface area (Å²) in [6.45, 7) is 0. The molecule has 1 aromatic rings. The Hall–Kier alpha value is -2.03. The number of rotatable bonds is 3. The minimum atomic E-state index is -0.176. The smallest absolute Gasteiger partial charge is 0.338 e. The van der Waals surface area contributed by atoms with Crippen molar-refractivity contribution in [3.8, 4) is 0 Å². The summed E-state index contributed by atoms with van der Waals surface area (Å²) < 4.78 is 6.04. The van der Waals surface area contributed by atoms with Gasteiger partial charge in [0.05, 0.1) is 5.56 Å². The van der Waals surface area contributed by atoms with Crippen LogP contribution in [-0.2, 0) is 4.74 Å². The van der Waals surface area contributed by atoms with E-state index in [-0.39, 0.29) is 17.5 Å². The summed E-state index contributed by atoms with van der Waals surface area (Å²) >= 11 is 0. The second-order valence-corrected chi connectivity index (χ2v) is 8.41. The van der Waals surface area contributed by atoms with E-state index in [1.807, 2.05) is 43.3 Å². The van der Waals surface area contributed by atoms with E-state index in [0.717, 1.165) is 17.5 Å². The first-order chi connectivity index (χ1) is 11.6. The monoisotopic (exact) mass is 319 g/mol. The van der Waals surface area contributed by atoms with Crippen LogP contribution < -0.4 is 4.90 Å². The number of carbonyl (C=O) groups is 1. The first-order valence-electron chi connectivity index (χ1n) is 8.97. The summed E-state index contributed by atoms with van der Waals surface area (Å²) in [5.41, 5.74) is 3.99. The standard InChI is InChI=1S/C21H21NO2/c1-22(2)16-7-4-12(5-8-16)19(23)24-17-10-15-11-20(15)18-13-3-6-14(9-13)21(17,18)20/h3-8,10,13-14,17-18H,9,11H2,1-2H3/t13?,14?,17-,18-,20-,21-/m1/s1. The third-order valence-electron chi connectivity index (χ3n) is 7.49. The quantitative estimate of drug-likeness (QED) is 0.631. The molecule has 0 aromatic heterocycles. The predicted molar refractivity (Wildman–Crippen MR) is 91.8 cm³/mol. The number of nitrogens with zero attached hydrogens (tertiary/aromatic N) is 1. The van der Waals surface area contributed by atoms with E-state index in [1.54, 1.807) is 5.57 Å². The minimum absolute atomic E-state index is 0.00720. The van der Waals surface area contributed by atoms with Gasteiger partial charge in [0.2, 0.25) is 0 Å². The lowest BCUT2D eigenvalue weighted by molar-refractivity contribution is 0.0158. The number of esters is 1. The van der Waals surface area contributed by atoms with Gasteiger partial charge in [-0.3, -0.25) is 0 Å². The third-order valence-corrected chi connectivity index (χ3v) is 7.49. The molecule has 3 fully saturated rings. The Morgan fingerprint density at radius 3 is 2.75 bits per heavy atom. The number of hydrogen-bond acceptors (Lipinski definition) is 3. The second kappa shape index (κ2) is 3.79. The lowest BCUT2D eigenvalue weighted by Crippen LogP contribution is -2.31. The molecule has 0 radical (unpaired) electrons. The van der Waals surface area contributed by atoms with Crippen molar-refractivity contribution in [2.45, 2.75) is 18.9 Å². The Bertz CT molecular complexity index is 836. The maximum Gasteiger partial charge on any atom is 0.338 e. The molecule has 0 N–H and O–H groups in total. The van der Waals surface area contributed by atoms with E-state index in [1.165, 1.54) is 12.8 Å². The molecule has 0 amide bonds. The fourth-order valence-corrected chi connectivity index (χ4v) is 6.60. The number of fused-ring (bicyclic) bond motifs is 3. The molecule has 2 bridgehead atoms. The van der Waals surface area contributed by atoms with Crippen molar-refractivity contribution < 1.29 is 9.53 Å². The molecule has 0 aliphatic heterocycles. The lowest BCUT2D eigenvalue weighted by Gasteiger charge is -2.27. The van der Waals surface area contributed by atoms with Gasteiger partial charge < -0.3 is 9.64 Å². The highest BCUT2D eigenvalue weighted by Gasteiger charge is 2.95. The van der Waals surface area contributed by atoms with Gasteiger partial charge in [0.15, 0.2) is 0 Å². The van der Waals surface area contributed by atoms with E-state index < -0.39 is 0 Å². The van der Waals surface area contributed by atoms with Crippen molar-refractivity contribution in [2.24, 2.45) is 28.6 Å². The fraction of sp³-hybridized carbons (Fsp3) is 0.476. The zero-order valence-electron chi connectivity index (χ0n) is 14.0. The van der Waals surface area contributed by atoms with Gasteiger partial charge in [-0.25, -0.2) is 4.79 Å². The Morgan fingerprint density at radius 2 is 2.00 bits per heavy atom. The molecule has 5 aliphatic carbocycles. The van der Waals surface area contributed by atoms with E-state index in [4.69, 9.17) is 4.74 Å². The number of ether oxygens (including phenoxy) is 1. The summed E-state index contributed by atoms with van der Waals surface area (Å²) in [6, 6.07) is 7.69. The number of allylic oxidation sites excluding steroid dienone is 3. The van der Waals surface area contributed by atoms with Crippen LogP contribution in [0, 0.1) is 28.6 Å². The van der Waals surface area contributed by atoms with Crippen LogP contribution in [0.4, 0.5) is 5.69 Å². The van der Waals surface area contributed by atoms with E-state index in [2.05, 4.69) is 18.2 Å². The van der Waals surface area contributed by atoms with Gasteiger partial charge in [0.1, 0.15) is 6.10 Å². The van der Waals surface area contributed by atoms with Crippen LogP contribution in [0.5, 0.6) is 0 Å². The molecule has 0 heterocycles. The zero-order chi connectivity index (χ0) is 16.3. The molecule has 6 atom stereocenters. The van der Waals surface area contributed by atoms with Crippen molar-refractivity contribution in [1.29, 1.82) is 0 Å². The maximum absolute atomic E-state index is 12.7. The van der Waals surface area contributed by atoms with Crippen LogP contribution in [0.2, 0.25) is 0 Å². The number of benzene rings is 1. The van der Waals surface area contributed by atoms with Gasteiger partial charge in [-0.15, -0.1) is 0 Å². The lowest BCUT2D eigenvalue weighted by atomic mass is 9.84. The molecular formula is C21H21NO2. The van der Waals surface area contributed by atoms with Crippen molar-refractivity contribution in [3.05, 3.63) is 53.6 Å². The van der Waals surface area contributed by atoms with Crippen LogP contribution in [0.15, 0.2) is 48.1 Å². The van der Waals surface area contributed by atoms with Gasteiger partial charge in [-0.1, -0.05) is 17.7 Å². The van der Waals surface area contributed by atoms with Gasteiger partial charge in [-0.2, -0.15) is 0 Å². The summed E-state index contributed by atoms with van der Waals surface area (Å²) in [7, 11) is 4.00. The molecule has 122 valence electrons. The van der Waals surface area contributed by atoms with Crippen LogP contribution >= 0.6 is 0 Å². The first kappa shape index (κ1) is 13.3. The number of carbonyl (C=O) groups excluding carboxylic acids is 1. The Balaban J connectivity index is 1.27. The average molecular weight is 319 g/mol. The SMILES string of the molecule is CN(C)c1ccc(C(=O)O[C@@H]2C=C3C[C@]34[C@H]3C5C=CC(C5)[C@@]234)cc1. The zero-order valence-corrected chi connectivity index (χ0v) is 14.0. The molecule has 3 saturated carbocycles. The Morgan fingerprint density at radius 1 is 1.21 bits per heavy atom. The van der Waals surface area contributed by atoms with Crippen molar-refractivity contribution in [1.82, 2.24) is 0 Å². The highest BCUT2D eigenvalue weighted by atomic mass is 16.5. The molecule has 2 unspecified atom stereocenters. The minimum Gasteiger partial charge on any atom is -0.454 e. The van der Waals surface area contributed by atoms with Crippen LogP contribution in [0.3, 0.4) is 0 Å². The molecule has 5 aliphatic rings. The van der Waals surface area contributed by atoms with Crippen molar-refractivity contribution in [3.63, 3.8) is 0 Å². The molecular weight excluding hydrogens is 298 g/mol. The van der Waals surface area contributed by atoms with E-state index >= 15 is 0 Å². The molecule has 24 heavy (non-hydrogen) atoms. The second-order valence-electron chi connectivity index (χ2n) is 8.41. The van der Waals surface area contributed by atoms with Gasteiger partial charge in [0.25, 0.3) is 0 Å². The van der Waals surface area contributed by atoms with Crippen LogP contribution in [-0.4, -0.2) is 26.2 Å². The largest absolute Gasteiger partial charge is 0.454 e. The summed E-state index contributed by atoms with van der Waals surface area (Å²) in [5, 5.41) is 0. The summed E-state index contributed by atoms with van der Waals surface area (Å²) in [5.74, 6) is 1.94. The molecule has 0 saturated heterocycles. The average Bonchev–Trinajstić information content (AvgIpc) is 3.24. The Labute approximate surface area is 142 Å². The molecule has 2 spiro atoms. The highest BCUT2D eigenvalue weighted by Crippen LogP contribution is 2.97. The van der Waals surface area contributed by atoms with Crippen LogP contribution in [0.25, 0.3) is 0 Å². The fourth-order valence-electron chi connectivity index (χ4n) is 6.60. The molecule has 3 heteroatoms. The summed E-state index contributed by atoms with van der Waals surface area (Å²) in [6.07, 6.45) is 9.63. The molecule has 1 aromatic carbocycles. The van der Waals surface area contributed by atoms with Gasteiger partial charge >= 0.3 is 5.97 Å². The third kappa shape index (κ3) is 1.21. The summed E-state index contributed by atoms with van der Waals surface area (Å²) in [4.78, 5) is 14.7. The molecule has 6 rings (SSSR count). The number of hydrogen-bond donors (Lipinski definition) is 0.